The summed E-state index contributed by atoms with van der Waals surface area (Å²) in [6, 6.07) is 0. The van der Waals surface area contributed by atoms with Crippen molar-refractivity contribution in [2.75, 3.05) is 25.5 Å². The van der Waals surface area contributed by atoms with E-state index in [9.17, 15) is 0 Å². The molecule has 1 saturated carbocycles. The lowest BCUT2D eigenvalue weighted by molar-refractivity contribution is 0.101. The predicted molar refractivity (Wildman–Crippen MR) is 110 cm³/mol. The smallest absolute Gasteiger partial charge is 0.235 e. The van der Waals surface area contributed by atoms with Crippen LogP contribution in [0.4, 0.5) is 5.95 Å². The Bertz CT molecular complexity index is 762. The van der Waals surface area contributed by atoms with Gasteiger partial charge in [-0.3, -0.25) is 19.3 Å². The Balaban J connectivity index is 1.68. The third kappa shape index (κ3) is 4.82. The number of methoxy groups -OCH3 is 2. The number of rotatable bonds is 11. The zero-order chi connectivity index (χ0) is 20.1. The van der Waals surface area contributed by atoms with E-state index in [0.29, 0.717) is 0 Å². The van der Waals surface area contributed by atoms with Crippen molar-refractivity contribution in [3.8, 4) is 0 Å². The third-order valence-electron chi connectivity index (χ3n) is 5.10. The van der Waals surface area contributed by atoms with Crippen LogP contribution in [0, 0.1) is 6.92 Å². The van der Waals surface area contributed by atoms with Gasteiger partial charge in [-0.2, -0.15) is 0 Å². The number of nitrogens with zero attached hydrogens (tertiary/aromatic N) is 5. The van der Waals surface area contributed by atoms with E-state index in [0.717, 1.165) is 55.5 Å². The minimum atomic E-state index is -0.167. The van der Waals surface area contributed by atoms with Crippen LogP contribution in [0.25, 0.3) is 0 Å². The van der Waals surface area contributed by atoms with Crippen molar-refractivity contribution in [3.63, 3.8) is 0 Å². The minimum absolute atomic E-state index is 0.108. The van der Waals surface area contributed by atoms with E-state index in [1.807, 2.05) is 6.92 Å². The van der Waals surface area contributed by atoms with E-state index in [-0.39, 0.29) is 16.9 Å². The first-order chi connectivity index (χ1) is 13.5. The Kier molecular flexibility index (Phi) is 6.90. The first kappa shape index (κ1) is 21.0. The van der Waals surface area contributed by atoms with E-state index in [4.69, 9.17) is 9.47 Å². The summed E-state index contributed by atoms with van der Waals surface area (Å²) in [6.07, 6.45) is 7.47. The van der Waals surface area contributed by atoms with Gasteiger partial charge < -0.3 is 9.47 Å². The monoisotopic (exact) mass is 406 g/mol. The zero-order valence-corrected chi connectivity index (χ0v) is 18.1. The number of hydrogen-bond donors (Lipinski definition) is 1. The summed E-state index contributed by atoms with van der Waals surface area (Å²) < 4.78 is 16.5. The minimum Gasteiger partial charge on any atom is -0.385 e. The summed E-state index contributed by atoms with van der Waals surface area (Å²) >= 11 is 1.57. The molecule has 0 amide bonds. The van der Waals surface area contributed by atoms with Crippen molar-refractivity contribution in [1.82, 2.24) is 24.7 Å². The van der Waals surface area contributed by atoms with Crippen molar-refractivity contribution in [3.05, 3.63) is 29.6 Å². The fraction of sp³-hybridized carbons (Fsp3) is 0.684. The number of ether oxygens (including phenoxy) is 2. The Morgan fingerprint density at radius 1 is 1.25 bits per heavy atom. The third-order valence-corrected chi connectivity index (χ3v) is 6.02. The maximum Gasteiger partial charge on any atom is 0.235 e. The highest BCUT2D eigenvalue weighted by atomic mass is 32.2. The number of anilines is 1. The van der Waals surface area contributed by atoms with Gasteiger partial charge in [0.1, 0.15) is 11.9 Å². The average Bonchev–Trinajstić information content (AvgIpc) is 3.29. The van der Waals surface area contributed by atoms with Crippen LogP contribution in [0.15, 0.2) is 12.4 Å². The molecule has 2 atom stereocenters. The van der Waals surface area contributed by atoms with Gasteiger partial charge >= 0.3 is 0 Å². The Morgan fingerprint density at radius 3 is 2.64 bits per heavy atom. The molecule has 2 heterocycles. The number of aromatic nitrogens is 5. The summed E-state index contributed by atoms with van der Waals surface area (Å²) in [6.45, 7) is 7.01. The van der Waals surface area contributed by atoms with E-state index < -0.39 is 0 Å². The van der Waals surface area contributed by atoms with E-state index in [2.05, 4.69) is 43.3 Å². The van der Waals surface area contributed by atoms with Crippen LogP contribution in [0.5, 0.6) is 0 Å². The second-order valence-corrected chi connectivity index (χ2v) is 8.72. The largest absolute Gasteiger partial charge is 0.385 e. The molecule has 8 nitrogen and oxygen atoms in total. The molecule has 0 aliphatic heterocycles. The molecule has 2 aromatic heterocycles. The first-order valence-electron chi connectivity index (χ1n) is 9.65. The predicted octanol–water partition coefficient (Wildman–Crippen LogP) is 3.30. The molecule has 0 aromatic carbocycles. The summed E-state index contributed by atoms with van der Waals surface area (Å²) in [5.74, 6) is 1.81. The average molecular weight is 407 g/mol. The second kappa shape index (κ2) is 9.19. The molecule has 1 aliphatic carbocycles. The van der Waals surface area contributed by atoms with Crippen LogP contribution in [-0.4, -0.2) is 50.8 Å². The zero-order valence-electron chi connectivity index (χ0n) is 17.3. The van der Waals surface area contributed by atoms with Crippen LogP contribution in [0.3, 0.4) is 0 Å². The Hall–Kier alpha value is -1.71. The molecule has 9 heteroatoms. The lowest BCUT2D eigenvalue weighted by atomic mass is 10.2. The topological polar surface area (TPSA) is 87.0 Å². The van der Waals surface area contributed by atoms with Gasteiger partial charge in [0.2, 0.25) is 5.95 Å². The molecular formula is C19H30N6O2S. The van der Waals surface area contributed by atoms with Crippen LogP contribution >= 0.6 is 11.9 Å². The number of hydrogen-bond acceptors (Lipinski definition) is 8. The van der Waals surface area contributed by atoms with Crippen LogP contribution in [-0.2, 0) is 21.4 Å². The van der Waals surface area contributed by atoms with E-state index in [1.54, 1.807) is 38.6 Å². The van der Waals surface area contributed by atoms with Gasteiger partial charge in [0.25, 0.3) is 0 Å². The van der Waals surface area contributed by atoms with E-state index in [1.165, 1.54) is 0 Å². The first-order valence-corrected chi connectivity index (χ1v) is 10.5. The summed E-state index contributed by atoms with van der Waals surface area (Å²) in [5, 5.41) is 8.95. The highest BCUT2D eigenvalue weighted by Crippen LogP contribution is 2.45. The number of aryl methyl sites for hydroxylation is 2. The fourth-order valence-electron chi connectivity index (χ4n) is 3.20. The second-order valence-electron chi connectivity index (χ2n) is 7.53. The molecule has 0 saturated heterocycles. The van der Waals surface area contributed by atoms with Gasteiger partial charge in [0, 0.05) is 39.0 Å². The molecule has 0 radical (unpaired) electrons. The van der Waals surface area contributed by atoms with Gasteiger partial charge in [-0.05, 0) is 52.0 Å². The molecule has 154 valence electrons. The summed E-state index contributed by atoms with van der Waals surface area (Å²) in [5.41, 5.74) is 1.83. The summed E-state index contributed by atoms with van der Waals surface area (Å²) in [4.78, 5) is 8.80. The van der Waals surface area contributed by atoms with Crippen LogP contribution < -0.4 is 4.72 Å². The van der Waals surface area contributed by atoms with Gasteiger partial charge in [-0.25, -0.2) is 0 Å². The van der Waals surface area contributed by atoms with Crippen LogP contribution in [0.1, 0.15) is 56.4 Å². The maximum absolute atomic E-state index is 5.69. The molecule has 28 heavy (non-hydrogen) atoms. The van der Waals surface area contributed by atoms with Crippen molar-refractivity contribution in [2.45, 2.75) is 63.3 Å². The Morgan fingerprint density at radius 2 is 2.04 bits per heavy atom. The van der Waals surface area contributed by atoms with E-state index >= 15 is 0 Å². The molecule has 1 aliphatic rings. The summed E-state index contributed by atoms with van der Waals surface area (Å²) in [7, 11) is 3.42. The Labute approximate surface area is 171 Å². The van der Waals surface area contributed by atoms with Crippen molar-refractivity contribution < 1.29 is 9.47 Å². The molecule has 3 rings (SSSR count). The molecule has 2 unspecified atom stereocenters. The highest BCUT2D eigenvalue weighted by Gasteiger charge is 2.43. The molecule has 0 bridgehead atoms. The van der Waals surface area contributed by atoms with Crippen molar-refractivity contribution >= 4 is 17.9 Å². The van der Waals surface area contributed by atoms with Gasteiger partial charge in [-0.1, -0.05) is 0 Å². The lowest BCUT2D eigenvalue weighted by Gasteiger charge is -2.23. The lowest BCUT2D eigenvalue weighted by Crippen LogP contribution is -2.21. The highest BCUT2D eigenvalue weighted by molar-refractivity contribution is 8.01. The molecule has 0 spiro atoms. The molecular weight excluding hydrogens is 376 g/mol. The van der Waals surface area contributed by atoms with Gasteiger partial charge in [0.15, 0.2) is 0 Å². The van der Waals surface area contributed by atoms with Crippen molar-refractivity contribution in [1.29, 1.82) is 0 Å². The standard InChI is InChI=1S/C19H30N6O2S/c1-13-11-21-15(12-20-13)17(27-5)14(2)28-24-18-23-22-16(7-6-10-26-4)25(18)19(3)8-9-19/h11-12,14,17H,6-10H2,1-5H3,(H,23,24). The fourth-order valence-corrected chi connectivity index (χ4v) is 4.00. The van der Waals surface area contributed by atoms with Gasteiger partial charge in [0.05, 0.1) is 22.8 Å². The molecule has 1 fully saturated rings. The SMILES string of the molecule is COCCCc1nnc(NSC(C)C(OC)c2cnc(C)cn2)n1C1(C)CC1. The molecule has 1 N–H and O–H groups in total. The number of nitrogens with one attached hydrogen (secondary N) is 1. The maximum atomic E-state index is 5.69. The van der Waals surface area contributed by atoms with Crippen molar-refractivity contribution in [2.24, 2.45) is 0 Å². The normalized spacial score (nSPS) is 17.3. The van der Waals surface area contributed by atoms with Crippen LogP contribution in [0.2, 0.25) is 0 Å². The van der Waals surface area contributed by atoms with Gasteiger partial charge in [-0.15, -0.1) is 10.2 Å². The quantitative estimate of drug-likeness (QED) is 0.449. The molecule has 2 aromatic rings.